The molecule has 5 rings (SSSR count). The van der Waals surface area contributed by atoms with Crippen molar-refractivity contribution in [3.8, 4) is 0 Å². The van der Waals surface area contributed by atoms with Crippen molar-refractivity contribution in [3.05, 3.63) is 24.8 Å². The third-order valence-corrected chi connectivity index (χ3v) is 8.96. The van der Waals surface area contributed by atoms with Crippen LogP contribution in [-0.2, 0) is 0 Å². The molecular weight excluding hydrogens is 308 g/mol. The zero-order chi connectivity index (χ0) is 17.2. The molecule has 4 aliphatic rings. The first-order valence-electron chi connectivity index (χ1n) is 10.4. The molecule has 0 aliphatic heterocycles. The molecule has 0 spiro atoms. The summed E-state index contributed by atoms with van der Waals surface area (Å²) in [7, 11) is 0. The van der Waals surface area contributed by atoms with Gasteiger partial charge in [0.2, 0.25) is 0 Å². The molecule has 1 heterocycles. The maximum atomic E-state index is 10.2. The molecule has 25 heavy (non-hydrogen) atoms. The van der Waals surface area contributed by atoms with E-state index >= 15 is 0 Å². The van der Waals surface area contributed by atoms with Crippen molar-refractivity contribution in [1.29, 1.82) is 0 Å². The molecule has 7 atom stereocenters. The van der Waals surface area contributed by atoms with Crippen molar-refractivity contribution in [2.45, 2.75) is 71.3 Å². The number of aliphatic hydroxyl groups excluding tert-OH is 1. The fraction of sp³-hybridized carbons (Fsp3) is 0.773. The van der Waals surface area contributed by atoms with Gasteiger partial charge in [0.15, 0.2) is 0 Å². The van der Waals surface area contributed by atoms with E-state index in [1.165, 1.54) is 44.2 Å². The first kappa shape index (κ1) is 16.1. The lowest BCUT2D eigenvalue weighted by molar-refractivity contribution is -0.115. The number of imidazole rings is 1. The van der Waals surface area contributed by atoms with Crippen LogP contribution < -0.4 is 0 Å². The molecule has 3 nitrogen and oxygen atoms in total. The van der Waals surface area contributed by atoms with Crippen molar-refractivity contribution >= 4 is 5.70 Å². The number of hydrogen-bond donors (Lipinski definition) is 1. The van der Waals surface area contributed by atoms with Crippen LogP contribution in [0.5, 0.6) is 0 Å². The predicted molar refractivity (Wildman–Crippen MR) is 99.6 cm³/mol. The topological polar surface area (TPSA) is 38.0 Å². The average molecular weight is 341 g/mol. The molecule has 1 aromatic rings. The van der Waals surface area contributed by atoms with Gasteiger partial charge >= 0.3 is 0 Å². The fourth-order valence-electron chi connectivity index (χ4n) is 7.58. The van der Waals surface area contributed by atoms with E-state index in [1.54, 1.807) is 0 Å². The van der Waals surface area contributed by atoms with Crippen LogP contribution in [0.25, 0.3) is 5.70 Å². The van der Waals surface area contributed by atoms with Gasteiger partial charge in [-0.15, -0.1) is 0 Å². The third-order valence-electron chi connectivity index (χ3n) is 8.96. The summed E-state index contributed by atoms with van der Waals surface area (Å²) in [5.41, 5.74) is 2.29. The number of allylic oxidation sites excluding steroid dienone is 2. The van der Waals surface area contributed by atoms with Crippen molar-refractivity contribution in [1.82, 2.24) is 9.55 Å². The van der Waals surface area contributed by atoms with Crippen LogP contribution in [0.2, 0.25) is 0 Å². The monoisotopic (exact) mass is 340 g/mol. The molecule has 1 aromatic heterocycles. The molecule has 0 bridgehead atoms. The Balaban J connectivity index is 1.44. The van der Waals surface area contributed by atoms with E-state index in [0.29, 0.717) is 10.8 Å². The summed E-state index contributed by atoms with van der Waals surface area (Å²) in [4.78, 5) is 4.29. The summed E-state index contributed by atoms with van der Waals surface area (Å²) in [6, 6.07) is 0. The second kappa shape index (κ2) is 5.45. The second-order valence-corrected chi connectivity index (χ2v) is 9.84. The van der Waals surface area contributed by atoms with E-state index in [1.807, 2.05) is 12.5 Å². The average Bonchev–Trinajstić information content (AvgIpc) is 3.22. The highest BCUT2D eigenvalue weighted by molar-refractivity contribution is 5.56. The van der Waals surface area contributed by atoms with Crippen LogP contribution in [0.15, 0.2) is 24.8 Å². The Morgan fingerprint density at radius 2 is 2.00 bits per heavy atom. The van der Waals surface area contributed by atoms with Crippen molar-refractivity contribution in [3.63, 3.8) is 0 Å². The lowest BCUT2D eigenvalue weighted by Crippen LogP contribution is -2.53. The molecule has 0 amide bonds. The van der Waals surface area contributed by atoms with E-state index in [0.717, 1.165) is 36.5 Å². The molecule has 4 aliphatic carbocycles. The highest BCUT2D eigenvalue weighted by atomic mass is 16.3. The Morgan fingerprint density at radius 1 is 1.12 bits per heavy atom. The van der Waals surface area contributed by atoms with E-state index in [2.05, 4.69) is 35.7 Å². The molecule has 3 fully saturated rings. The van der Waals surface area contributed by atoms with Crippen molar-refractivity contribution in [2.24, 2.45) is 34.5 Å². The van der Waals surface area contributed by atoms with Crippen LogP contribution >= 0.6 is 0 Å². The fourth-order valence-corrected chi connectivity index (χ4v) is 7.58. The van der Waals surface area contributed by atoms with Gasteiger partial charge in [0, 0.05) is 23.5 Å². The Labute approximate surface area is 151 Å². The minimum atomic E-state index is -0.0375. The maximum absolute atomic E-state index is 10.2. The van der Waals surface area contributed by atoms with Gasteiger partial charge in [-0.1, -0.05) is 19.9 Å². The number of hydrogen-bond acceptors (Lipinski definition) is 2. The lowest BCUT2D eigenvalue weighted by atomic mass is 9.45. The third kappa shape index (κ3) is 2.17. The Bertz CT molecular complexity index is 680. The molecular formula is C22H32N2O. The maximum Gasteiger partial charge on any atom is 0.0989 e. The summed E-state index contributed by atoms with van der Waals surface area (Å²) >= 11 is 0. The minimum Gasteiger partial charge on any atom is -0.393 e. The number of fused-ring (bicyclic) bond motifs is 5. The molecule has 3 heteroatoms. The molecule has 0 unspecified atom stereocenters. The summed E-state index contributed by atoms with van der Waals surface area (Å²) in [6.45, 7) is 5.09. The lowest BCUT2D eigenvalue weighted by Gasteiger charge is -2.60. The Morgan fingerprint density at radius 3 is 2.80 bits per heavy atom. The normalized spacial score (nSPS) is 49.1. The van der Waals surface area contributed by atoms with Crippen molar-refractivity contribution in [2.75, 3.05) is 0 Å². The highest BCUT2D eigenvalue weighted by Gasteiger charge is 2.58. The van der Waals surface area contributed by atoms with Crippen molar-refractivity contribution < 1.29 is 5.11 Å². The van der Waals surface area contributed by atoms with Crippen LogP contribution in [0.3, 0.4) is 0 Å². The molecule has 3 saturated carbocycles. The smallest absolute Gasteiger partial charge is 0.0989 e. The molecule has 0 aromatic carbocycles. The van der Waals surface area contributed by atoms with E-state index in [4.69, 9.17) is 0 Å². The predicted octanol–water partition coefficient (Wildman–Crippen LogP) is 4.74. The quantitative estimate of drug-likeness (QED) is 0.802. The molecule has 0 radical (unpaired) electrons. The SMILES string of the molecule is C[C@]12CC[C@H](O)C[C@@H]1CC[C@@H]1[C@@H]2CC[C@]2(C)C(n3ccnc3)=CC[C@@H]12. The van der Waals surface area contributed by atoms with E-state index in [-0.39, 0.29) is 6.10 Å². The van der Waals surface area contributed by atoms with Gasteiger partial charge in [-0.25, -0.2) is 4.98 Å². The molecule has 0 saturated heterocycles. The van der Waals surface area contributed by atoms with Gasteiger partial charge in [-0.2, -0.15) is 0 Å². The van der Waals surface area contributed by atoms with Crippen LogP contribution in [-0.4, -0.2) is 20.8 Å². The van der Waals surface area contributed by atoms with Gasteiger partial charge < -0.3 is 9.67 Å². The van der Waals surface area contributed by atoms with E-state index in [9.17, 15) is 5.11 Å². The van der Waals surface area contributed by atoms with Gasteiger partial charge in [0.05, 0.1) is 12.4 Å². The standard InChI is InChI=1S/C22H32N2O/c1-21-9-7-16(25)13-15(21)3-4-17-18-5-6-20(24-12-11-23-14-24)22(18,2)10-8-19(17)21/h6,11-12,14-19,25H,3-5,7-10,13H2,1-2H3/t15-,16-,17-,18-,19-,21-,22-/m0/s1. The Kier molecular flexibility index (Phi) is 3.51. The first-order chi connectivity index (χ1) is 12.0. The molecule has 136 valence electrons. The van der Waals surface area contributed by atoms with Crippen LogP contribution in [0, 0.1) is 34.5 Å². The summed E-state index contributed by atoms with van der Waals surface area (Å²) in [6.07, 6.45) is 18.4. The second-order valence-electron chi connectivity index (χ2n) is 9.84. The zero-order valence-electron chi connectivity index (χ0n) is 15.7. The summed E-state index contributed by atoms with van der Waals surface area (Å²) in [5.74, 6) is 3.29. The Hall–Kier alpha value is -1.09. The van der Waals surface area contributed by atoms with E-state index < -0.39 is 0 Å². The minimum absolute atomic E-state index is 0.0375. The number of nitrogens with zero attached hydrogens (tertiary/aromatic N) is 2. The molecule has 1 N–H and O–H groups in total. The number of aromatic nitrogens is 2. The number of aliphatic hydroxyl groups is 1. The zero-order valence-corrected chi connectivity index (χ0v) is 15.7. The summed E-state index contributed by atoms with van der Waals surface area (Å²) in [5, 5.41) is 10.2. The van der Waals surface area contributed by atoms with Gasteiger partial charge in [-0.05, 0) is 80.5 Å². The number of rotatable bonds is 1. The summed E-state index contributed by atoms with van der Waals surface area (Å²) < 4.78 is 2.27. The largest absolute Gasteiger partial charge is 0.393 e. The van der Waals surface area contributed by atoms with Gasteiger partial charge in [0.25, 0.3) is 0 Å². The van der Waals surface area contributed by atoms with Crippen LogP contribution in [0.4, 0.5) is 0 Å². The highest BCUT2D eigenvalue weighted by Crippen LogP contribution is 2.66. The van der Waals surface area contributed by atoms with Gasteiger partial charge in [-0.3, -0.25) is 0 Å². The van der Waals surface area contributed by atoms with Crippen LogP contribution in [0.1, 0.15) is 65.2 Å². The first-order valence-corrected chi connectivity index (χ1v) is 10.4. The van der Waals surface area contributed by atoms with Gasteiger partial charge in [0.1, 0.15) is 0 Å².